The Hall–Kier alpha value is -3.71. The number of phenols is 1. The molecule has 7 heteroatoms. The number of anilines is 1. The summed E-state index contributed by atoms with van der Waals surface area (Å²) in [6.45, 7) is 0. The standard InChI is InChI=1S/C25H21N3O3S/c1-31-21-13-7-17(8-14-21)24-22(15-27(26-24)18-5-3-2-4-6-18)25-28(23(30)16-32-25)19-9-11-20(29)12-10-19/h2-15,25,29H,16H2,1H3. The SMILES string of the molecule is COc1ccc(-c2nn(-c3ccccc3)cc2C2SCC(=O)N2c2ccc(O)cc2)cc1. The molecule has 32 heavy (non-hydrogen) atoms. The highest BCUT2D eigenvalue weighted by Gasteiger charge is 2.37. The third kappa shape index (κ3) is 3.71. The molecule has 1 aliphatic rings. The van der Waals surface area contributed by atoms with E-state index < -0.39 is 0 Å². The molecule has 1 unspecified atom stereocenters. The van der Waals surface area contributed by atoms with Gasteiger partial charge in [0.25, 0.3) is 0 Å². The maximum absolute atomic E-state index is 12.9. The van der Waals surface area contributed by atoms with E-state index in [1.165, 1.54) is 0 Å². The lowest BCUT2D eigenvalue weighted by atomic mass is 10.1. The first-order chi connectivity index (χ1) is 15.6. The summed E-state index contributed by atoms with van der Waals surface area (Å²) in [7, 11) is 1.64. The number of amides is 1. The second-order valence-electron chi connectivity index (χ2n) is 7.39. The quantitative estimate of drug-likeness (QED) is 0.468. The number of aromatic nitrogens is 2. The number of ether oxygens (including phenoxy) is 1. The zero-order valence-corrected chi connectivity index (χ0v) is 18.2. The number of nitrogens with zero attached hydrogens (tertiary/aromatic N) is 3. The van der Waals surface area contributed by atoms with Crippen molar-refractivity contribution in [1.82, 2.24) is 9.78 Å². The number of carbonyl (C=O) groups excluding carboxylic acids is 1. The zero-order chi connectivity index (χ0) is 22.1. The van der Waals surface area contributed by atoms with Crippen molar-refractivity contribution in [3.8, 4) is 28.4 Å². The van der Waals surface area contributed by atoms with Crippen LogP contribution in [-0.2, 0) is 4.79 Å². The van der Waals surface area contributed by atoms with E-state index >= 15 is 0 Å². The summed E-state index contributed by atoms with van der Waals surface area (Å²) in [6.07, 6.45) is 2.00. The third-order valence-electron chi connectivity index (χ3n) is 5.39. The molecule has 1 aliphatic heterocycles. The minimum Gasteiger partial charge on any atom is -0.508 e. The molecule has 1 aromatic heterocycles. The van der Waals surface area contributed by atoms with Gasteiger partial charge in [-0.25, -0.2) is 4.68 Å². The smallest absolute Gasteiger partial charge is 0.238 e. The van der Waals surface area contributed by atoms with E-state index in [1.807, 2.05) is 65.5 Å². The van der Waals surface area contributed by atoms with Crippen molar-refractivity contribution in [2.45, 2.75) is 5.37 Å². The Labute approximate surface area is 190 Å². The number of aromatic hydroxyl groups is 1. The van der Waals surface area contributed by atoms with Gasteiger partial charge in [-0.15, -0.1) is 11.8 Å². The van der Waals surface area contributed by atoms with Crippen LogP contribution in [0.2, 0.25) is 0 Å². The Balaban J connectivity index is 1.63. The maximum Gasteiger partial charge on any atom is 0.238 e. The summed E-state index contributed by atoms with van der Waals surface area (Å²) in [5.74, 6) is 1.34. The van der Waals surface area contributed by atoms with Crippen LogP contribution in [0.15, 0.2) is 85.1 Å². The van der Waals surface area contributed by atoms with E-state index in [2.05, 4.69) is 0 Å². The number of hydrogen-bond donors (Lipinski definition) is 1. The molecule has 1 N–H and O–H groups in total. The number of thioether (sulfide) groups is 1. The lowest BCUT2D eigenvalue weighted by Crippen LogP contribution is -2.27. The minimum absolute atomic E-state index is 0.0267. The number of phenolic OH excluding ortho intramolecular Hbond substituents is 1. The maximum atomic E-state index is 12.9. The summed E-state index contributed by atoms with van der Waals surface area (Å²) in [4.78, 5) is 14.6. The van der Waals surface area contributed by atoms with Gasteiger partial charge in [-0.2, -0.15) is 5.10 Å². The van der Waals surface area contributed by atoms with Gasteiger partial charge in [0, 0.05) is 23.0 Å². The summed E-state index contributed by atoms with van der Waals surface area (Å²) in [5.41, 5.74) is 4.39. The molecule has 4 aromatic rings. The van der Waals surface area contributed by atoms with Gasteiger partial charge in [0.2, 0.25) is 5.91 Å². The van der Waals surface area contributed by atoms with E-state index in [-0.39, 0.29) is 17.0 Å². The third-order valence-corrected chi connectivity index (χ3v) is 6.58. The van der Waals surface area contributed by atoms with Gasteiger partial charge in [-0.1, -0.05) is 18.2 Å². The van der Waals surface area contributed by atoms with Gasteiger partial charge in [0.15, 0.2) is 0 Å². The number of para-hydroxylation sites is 1. The molecule has 1 saturated heterocycles. The van der Waals surface area contributed by atoms with Gasteiger partial charge >= 0.3 is 0 Å². The summed E-state index contributed by atoms with van der Waals surface area (Å²) < 4.78 is 7.16. The molecule has 6 nitrogen and oxygen atoms in total. The van der Waals surface area contributed by atoms with Crippen molar-refractivity contribution >= 4 is 23.4 Å². The molecule has 0 radical (unpaired) electrons. The zero-order valence-electron chi connectivity index (χ0n) is 17.4. The topological polar surface area (TPSA) is 67.6 Å². The number of methoxy groups -OCH3 is 1. The van der Waals surface area contributed by atoms with Crippen LogP contribution in [0.5, 0.6) is 11.5 Å². The second kappa shape index (κ2) is 8.43. The van der Waals surface area contributed by atoms with Gasteiger partial charge in [-0.05, 0) is 60.7 Å². The van der Waals surface area contributed by atoms with Crippen molar-refractivity contribution in [3.05, 3.63) is 90.6 Å². The van der Waals surface area contributed by atoms with Crippen LogP contribution in [0.25, 0.3) is 16.9 Å². The van der Waals surface area contributed by atoms with Crippen LogP contribution in [0.4, 0.5) is 5.69 Å². The van der Waals surface area contributed by atoms with Gasteiger partial charge < -0.3 is 9.84 Å². The van der Waals surface area contributed by atoms with Crippen molar-refractivity contribution in [2.24, 2.45) is 0 Å². The lowest BCUT2D eigenvalue weighted by Gasteiger charge is -2.24. The fourth-order valence-corrected chi connectivity index (χ4v) is 4.98. The molecule has 160 valence electrons. The van der Waals surface area contributed by atoms with Crippen LogP contribution in [0, 0.1) is 0 Å². The Kier molecular flexibility index (Phi) is 5.33. The van der Waals surface area contributed by atoms with E-state index in [0.29, 0.717) is 5.75 Å². The van der Waals surface area contributed by atoms with Crippen molar-refractivity contribution in [3.63, 3.8) is 0 Å². The fourth-order valence-electron chi connectivity index (χ4n) is 3.80. The molecular formula is C25H21N3O3S. The summed E-state index contributed by atoms with van der Waals surface area (Å²) in [5, 5.41) is 14.3. The summed E-state index contributed by atoms with van der Waals surface area (Å²) >= 11 is 1.57. The van der Waals surface area contributed by atoms with Crippen LogP contribution < -0.4 is 9.64 Å². The van der Waals surface area contributed by atoms with Gasteiger partial charge in [-0.3, -0.25) is 9.69 Å². The average Bonchev–Trinajstić information content (AvgIpc) is 3.44. The molecule has 1 atom stereocenters. The Morgan fingerprint density at radius 3 is 2.38 bits per heavy atom. The van der Waals surface area contributed by atoms with Crippen LogP contribution in [0.1, 0.15) is 10.9 Å². The molecule has 1 amide bonds. The summed E-state index contributed by atoms with van der Waals surface area (Å²) in [6, 6.07) is 24.4. The van der Waals surface area contributed by atoms with Gasteiger partial charge in [0.05, 0.1) is 24.2 Å². The molecule has 2 heterocycles. The number of benzene rings is 3. The lowest BCUT2D eigenvalue weighted by molar-refractivity contribution is -0.115. The largest absolute Gasteiger partial charge is 0.508 e. The first kappa shape index (κ1) is 20.2. The first-order valence-corrected chi connectivity index (χ1v) is 11.2. The normalized spacial score (nSPS) is 15.8. The molecule has 1 fully saturated rings. The predicted octanol–water partition coefficient (Wildman–Crippen LogP) is 5.03. The highest BCUT2D eigenvalue weighted by atomic mass is 32.2. The molecule has 0 saturated carbocycles. The predicted molar refractivity (Wildman–Crippen MR) is 126 cm³/mol. The second-order valence-corrected chi connectivity index (χ2v) is 8.45. The Morgan fingerprint density at radius 2 is 1.69 bits per heavy atom. The number of carbonyl (C=O) groups is 1. The molecular weight excluding hydrogens is 422 g/mol. The molecule has 0 spiro atoms. The van der Waals surface area contributed by atoms with Crippen molar-refractivity contribution in [2.75, 3.05) is 17.8 Å². The number of hydrogen-bond acceptors (Lipinski definition) is 5. The van der Waals surface area contributed by atoms with Crippen LogP contribution >= 0.6 is 11.8 Å². The van der Waals surface area contributed by atoms with Crippen molar-refractivity contribution in [1.29, 1.82) is 0 Å². The van der Waals surface area contributed by atoms with Gasteiger partial charge in [0.1, 0.15) is 16.9 Å². The highest BCUT2D eigenvalue weighted by Crippen LogP contribution is 2.45. The van der Waals surface area contributed by atoms with E-state index in [1.54, 1.807) is 48.0 Å². The monoisotopic (exact) mass is 443 g/mol. The van der Waals surface area contributed by atoms with E-state index in [9.17, 15) is 9.90 Å². The van der Waals surface area contributed by atoms with Crippen molar-refractivity contribution < 1.29 is 14.6 Å². The van der Waals surface area contributed by atoms with Crippen LogP contribution in [-0.4, -0.2) is 33.7 Å². The Bertz CT molecular complexity index is 1240. The Morgan fingerprint density at radius 1 is 0.969 bits per heavy atom. The van der Waals surface area contributed by atoms with Crippen LogP contribution in [0.3, 0.4) is 0 Å². The highest BCUT2D eigenvalue weighted by molar-refractivity contribution is 8.00. The molecule has 0 aliphatic carbocycles. The molecule has 5 rings (SSSR count). The van der Waals surface area contributed by atoms with E-state index in [0.717, 1.165) is 33.9 Å². The average molecular weight is 444 g/mol. The molecule has 3 aromatic carbocycles. The number of rotatable bonds is 5. The van der Waals surface area contributed by atoms with E-state index in [4.69, 9.17) is 9.84 Å². The minimum atomic E-state index is -0.235. The first-order valence-electron chi connectivity index (χ1n) is 10.2. The fraction of sp³-hybridized carbons (Fsp3) is 0.120. The molecule has 0 bridgehead atoms.